The summed E-state index contributed by atoms with van der Waals surface area (Å²) in [5.41, 5.74) is 4.62. The van der Waals surface area contributed by atoms with Crippen molar-refractivity contribution in [2.24, 2.45) is 5.92 Å². The summed E-state index contributed by atoms with van der Waals surface area (Å²) in [6.07, 6.45) is 6.80. The molecule has 0 spiro atoms. The molecule has 0 amide bonds. The topological polar surface area (TPSA) is 23.8 Å². The van der Waals surface area contributed by atoms with Crippen LogP contribution in [0.4, 0.5) is 0 Å². The lowest BCUT2D eigenvalue weighted by Crippen LogP contribution is -2.12. The van der Waals surface area contributed by atoms with Crippen molar-refractivity contribution < 1.29 is 0 Å². The summed E-state index contributed by atoms with van der Waals surface area (Å²) in [4.78, 5) is 0. The van der Waals surface area contributed by atoms with E-state index in [1.807, 2.05) is 24.3 Å². The molecule has 0 radical (unpaired) electrons. The molecule has 0 atom stereocenters. The molecule has 0 saturated heterocycles. The molecule has 0 heterocycles. The quantitative estimate of drug-likeness (QED) is 0.689. The molecule has 112 valence electrons. The third-order valence-electron chi connectivity index (χ3n) is 5.15. The highest BCUT2D eigenvalue weighted by Gasteiger charge is 2.21. The van der Waals surface area contributed by atoms with Gasteiger partial charge in [-0.1, -0.05) is 49.7 Å². The third kappa shape index (κ3) is 3.22. The number of nitrogens with zero attached hydrogens (tertiary/aromatic N) is 1. The Bertz CT molecular complexity index is 638. The molecule has 1 saturated carbocycles. The Morgan fingerprint density at radius 1 is 0.864 bits per heavy atom. The lowest BCUT2D eigenvalue weighted by Gasteiger charge is -2.28. The van der Waals surface area contributed by atoms with Crippen LogP contribution in [0, 0.1) is 17.2 Å². The summed E-state index contributed by atoms with van der Waals surface area (Å²) >= 11 is 0. The molecule has 0 aliphatic heterocycles. The average molecular weight is 289 g/mol. The van der Waals surface area contributed by atoms with Gasteiger partial charge in [0.2, 0.25) is 0 Å². The lowest BCUT2D eigenvalue weighted by molar-refractivity contribution is 0.319. The predicted molar refractivity (Wildman–Crippen MR) is 91.6 cm³/mol. The zero-order chi connectivity index (χ0) is 15.4. The van der Waals surface area contributed by atoms with Gasteiger partial charge in [0.25, 0.3) is 0 Å². The van der Waals surface area contributed by atoms with Gasteiger partial charge in [0.15, 0.2) is 0 Å². The predicted octanol–water partition coefficient (Wildman–Crippen LogP) is 5.91. The van der Waals surface area contributed by atoms with Gasteiger partial charge in [-0.15, -0.1) is 0 Å². The van der Waals surface area contributed by atoms with E-state index in [0.29, 0.717) is 5.56 Å². The van der Waals surface area contributed by atoms with Gasteiger partial charge in [-0.2, -0.15) is 5.26 Å². The minimum Gasteiger partial charge on any atom is -0.192 e. The molecule has 0 N–H and O–H groups in total. The molecule has 1 fully saturated rings. The average Bonchev–Trinajstić information content (AvgIpc) is 2.62. The molecule has 1 aliphatic carbocycles. The molecular weight excluding hydrogens is 266 g/mol. The van der Waals surface area contributed by atoms with Crippen LogP contribution in [0.3, 0.4) is 0 Å². The van der Waals surface area contributed by atoms with Crippen LogP contribution in [0.15, 0.2) is 48.5 Å². The van der Waals surface area contributed by atoms with Crippen molar-refractivity contribution in [1.29, 1.82) is 5.26 Å². The summed E-state index contributed by atoms with van der Waals surface area (Å²) in [5.74, 6) is 1.70. The Kier molecular flexibility index (Phi) is 4.59. The second kappa shape index (κ2) is 6.79. The van der Waals surface area contributed by atoms with Crippen molar-refractivity contribution in [1.82, 2.24) is 0 Å². The van der Waals surface area contributed by atoms with Crippen LogP contribution in [0.25, 0.3) is 11.1 Å². The van der Waals surface area contributed by atoms with Gasteiger partial charge in [0.05, 0.1) is 11.6 Å². The van der Waals surface area contributed by atoms with E-state index in [1.165, 1.54) is 48.8 Å². The highest BCUT2D eigenvalue weighted by molar-refractivity contribution is 5.64. The number of hydrogen-bond acceptors (Lipinski definition) is 1. The Morgan fingerprint density at radius 3 is 1.91 bits per heavy atom. The van der Waals surface area contributed by atoms with Gasteiger partial charge < -0.3 is 0 Å². The highest BCUT2D eigenvalue weighted by atomic mass is 14.3. The minimum absolute atomic E-state index is 0.716. The Labute approximate surface area is 133 Å². The van der Waals surface area contributed by atoms with Gasteiger partial charge in [-0.3, -0.25) is 0 Å². The molecule has 0 bridgehead atoms. The summed E-state index contributed by atoms with van der Waals surface area (Å²) in [6, 6.07) is 19.0. The Hall–Kier alpha value is -2.07. The van der Waals surface area contributed by atoms with Crippen LogP contribution >= 0.6 is 0 Å². The second-order valence-corrected chi connectivity index (χ2v) is 6.44. The van der Waals surface area contributed by atoms with Crippen molar-refractivity contribution >= 4 is 0 Å². The molecule has 2 aromatic rings. The van der Waals surface area contributed by atoms with E-state index in [2.05, 4.69) is 37.3 Å². The second-order valence-electron chi connectivity index (χ2n) is 6.44. The molecule has 2 aromatic carbocycles. The van der Waals surface area contributed by atoms with Crippen molar-refractivity contribution in [3.05, 3.63) is 59.7 Å². The number of nitriles is 1. The Morgan fingerprint density at radius 2 is 1.41 bits per heavy atom. The third-order valence-corrected chi connectivity index (χ3v) is 5.15. The van der Waals surface area contributed by atoms with E-state index in [4.69, 9.17) is 5.26 Å². The van der Waals surface area contributed by atoms with Crippen LogP contribution in [-0.4, -0.2) is 0 Å². The zero-order valence-corrected chi connectivity index (χ0v) is 13.3. The van der Waals surface area contributed by atoms with Gasteiger partial charge in [-0.25, -0.2) is 0 Å². The first-order chi connectivity index (χ1) is 10.8. The Balaban J connectivity index is 1.71. The maximum absolute atomic E-state index is 8.87. The first kappa shape index (κ1) is 14.9. The fourth-order valence-electron chi connectivity index (χ4n) is 3.59. The van der Waals surface area contributed by atoms with Crippen molar-refractivity contribution in [2.75, 3.05) is 0 Å². The van der Waals surface area contributed by atoms with Crippen LogP contribution in [0.2, 0.25) is 0 Å². The maximum Gasteiger partial charge on any atom is 0.0991 e. The molecule has 1 aliphatic rings. The van der Waals surface area contributed by atoms with E-state index >= 15 is 0 Å². The van der Waals surface area contributed by atoms with E-state index in [1.54, 1.807) is 0 Å². The largest absolute Gasteiger partial charge is 0.192 e. The van der Waals surface area contributed by atoms with Gasteiger partial charge in [0.1, 0.15) is 0 Å². The first-order valence-corrected chi connectivity index (χ1v) is 8.40. The van der Waals surface area contributed by atoms with E-state index in [0.717, 1.165) is 11.8 Å². The first-order valence-electron chi connectivity index (χ1n) is 8.40. The standard InChI is InChI=1S/C21H23N/c1-2-16-3-7-18(8-4-16)20-11-13-21(14-12-20)19-9-5-17(15-22)6-10-19/h5-6,9-14,16,18H,2-4,7-8H2,1H3/t16-,18-. The van der Waals surface area contributed by atoms with Crippen molar-refractivity contribution in [3.8, 4) is 17.2 Å². The van der Waals surface area contributed by atoms with Crippen molar-refractivity contribution in [3.63, 3.8) is 0 Å². The highest BCUT2D eigenvalue weighted by Crippen LogP contribution is 2.37. The zero-order valence-electron chi connectivity index (χ0n) is 13.3. The SMILES string of the molecule is CC[C@H]1CC[C@H](c2ccc(-c3ccc(C#N)cc3)cc2)CC1. The molecule has 1 nitrogen and oxygen atoms in total. The molecule has 22 heavy (non-hydrogen) atoms. The van der Waals surface area contributed by atoms with Crippen LogP contribution in [-0.2, 0) is 0 Å². The van der Waals surface area contributed by atoms with Crippen LogP contribution in [0.5, 0.6) is 0 Å². The van der Waals surface area contributed by atoms with E-state index < -0.39 is 0 Å². The fourth-order valence-corrected chi connectivity index (χ4v) is 3.59. The molecule has 1 heteroatoms. The molecule has 0 unspecified atom stereocenters. The van der Waals surface area contributed by atoms with Crippen molar-refractivity contribution in [2.45, 2.75) is 44.9 Å². The number of benzene rings is 2. The summed E-state index contributed by atoms with van der Waals surface area (Å²) in [7, 11) is 0. The minimum atomic E-state index is 0.716. The van der Waals surface area contributed by atoms with Gasteiger partial charge >= 0.3 is 0 Å². The molecule has 0 aromatic heterocycles. The van der Waals surface area contributed by atoms with Crippen LogP contribution < -0.4 is 0 Å². The van der Waals surface area contributed by atoms with Crippen LogP contribution in [0.1, 0.15) is 56.1 Å². The smallest absolute Gasteiger partial charge is 0.0991 e. The molecular formula is C21H23N. The monoisotopic (exact) mass is 289 g/mol. The molecule has 3 rings (SSSR count). The number of hydrogen-bond donors (Lipinski definition) is 0. The lowest BCUT2D eigenvalue weighted by atomic mass is 9.77. The fraction of sp³-hybridized carbons (Fsp3) is 0.381. The maximum atomic E-state index is 8.87. The summed E-state index contributed by atoms with van der Waals surface area (Å²) in [5, 5.41) is 8.87. The number of rotatable bonds is 3. The summed E-state index contributed by atoms with van der Waals surface area (Å²) < 4.78 is 0. The normalized spacial score (nSPS) is 21.3. The van der Waals surface area contributed by atoms with Gasteiger partial charge in [-0.05, 0) is 66.3 Å². The van der Waals surface area contributed by atoms with E-state index in [9.17, 15) is 0 Å². The van der Waals surface area contributed by atoms with E-state index in [-0.39, 0.29) is 0 Å². The van der Waals surface area contributed by atoms with Gasteiger partial charge in [0, 0.05) is 0 Å². The summed E-state index contributed by atoms with van der Waals surface area (Å²) in [6.45, 7) is 2.32.